The molecule has 1 aromatic carbocycles. The second-order valence-electron chi connectivity index (χ2n) is 8.21. The highest BCUT2D eigenvalue weighted by Crippen LogP contribution is 2.21. The first-order valence-corrected chi connectivity index (χ1v) is 12.2. The number of anilines is 1. The smallest absolute Gasteiger partial charge is 0.227 e. The Morgan fingerprint density at radius 2 is 2.03 bits per heavy atom. The third-order valence-corrected chi connectivity index (χ3v) is 6.60. The summed E-state index contributed by atoms with van der Waals surface area (Å²) in [6, 6.07) is 12.7. The second kappa shape index (κ2) is 11.2. The van der Waals surface area contributed by atoms with Crippen LogP contribution in [-0.4, -0.2) is 60.2 Å². The maximum Gasteiger partial charge on any atom is 0.227 e. The SMILES string of the molecule is Cc1cccc(N2CCN(CCCCNC(=O)CCc3nc(-c4cccs4)no3)CC2)c1. The molecule has 0 aliphatic carbocycles. The van der Waals surface area contributed by atoms with Gasteiger partial charge in [0.2, 0.25) is 17.6 Å². The van der Waals surface area contributed by atoms with Crippen LogP contribution in [0.15, 0.2) is 46.3 Å². The van der Waals surface area contributed by atoms with Gasteiger partial charge >= 0.3 is 0 Å². The van der Waals surface area contributed by atoms with Gasteiger partial charge in [-0.15, -0.1) is 11.3 Å². The number of rotatable bonds is 10. The van der Waals surface area contributed by atoms with Crippen molar-refractivity contribution in [1.29, 1.82) is 0 Å². The second-order valence-corrected chi connectivity index (χ2v) is 9.16. The molecule has 8 heteroatoms. The molecule has 1 amide bonds. The third-order valence-electron chi connectivity index (χ3n) is 5.74. The Morgan fingerprint density at radius 1 is 1.16 bits per heavy atom. The number of aromatic nitrogens is 2. The standard InChI is InChI=1S/C24H31N5O2S/c1-19-6-4-7-20(18-19)29-15-13-28(14-16-29)12-3-2-11-25-22(30)9-10-23-26-24(27-31-23)21-8-5-17-32-21/h4-8,17-18H,2-3,9-16H2,1H3,(H,25,30). The van der Waals surface area contributed by atoms with Crippen LogP contribution < -0.4 is 10.2 Å². The maximum atomic E-state index is 12.1. The number of hydrogen-bond acceptors (Lipinski definition) is 7. The highest BCUT2D eigenvalue weighted by Gasteiger charge is 2.17. The number of unbranched alkanes of at least 4 members (excludes halogenated alkanes) is 1. The number of thiophene rings is 1. The van der Waals surface area contributed by atoms with Crippen LogP contribution in [0.2, 0.25) is 0 Å². The van der Waals surface area contributed by atoms with Gasteiger partial charge in [-0.25, -0.2) is 0 Å². The Balaban J connectivity index is 1.06. The van der Waals surface area contributed by atoms with E-state index in [1.807, 2.05) is 17.5 Å². The van der Waals surface area contributed by atoms with E-state index in [1.54, 1.807) is 11.3 Å². The van der Waals surface area contributed by atoms with E-state index >= 15 is 0 Å². The summed E-state index contributed by atoms with van der Waals surface area (Å²) in [5.41, 5.74) is 2.64. The number of benzene rings is 1. The quantitative estimate of drug-likeness (QED) is 0.471. The Bertz CT molecular complexity index is 980. The van der Waals surface area contributed by atoms with E-state index in [-0.39, 0.29) is 5.91 Å². The van der Waals surface area contributed by atoms with Crippen molar-refractivity contribution >= 4 is 22.9 Å². The van der Waals surface area contributed by atoms with Gasteiger partial charge in [0.25, 0.3) is 0 Å². The molecule has 0 atom stereocenters. The van der Waals surface area contributed by atoms with Crippen LogP contribution in [0.1, 0.15) is 30.7 Å². The van der Waals surface area contributed by atoms with E-state index in [9.17, 15) is 4.79 Å². The lowest BCUT2D eigenvalue weighted by molar-refractivity contribution is -0.121. The number of nitrogens with zero attached hydrogens (tertiary/aromatic N) is 4. The molecule has 3 aromatic rings. The average Bonchev–Trinajstić information content (AvgIpc) is 3.50. The molecule has 3 heterocycles. The van der Waals surface area contributed by atoms with Crippen molar-refractivity contribution in [3.8, 4) is 10.7 Å². The summed E-state index contributed by atoms with van der Waals surface area (Å²) < 4.78 is 5.25. The molecule has 4 rings (SSSR count). The van der Waals surface area contributed by atoms with E-state index in [2.05, 4.69) is 56.4 Å². The minimum absolute atomic E-state index is 0.0349. The lowest BCUT2D eigenvalue weighted by atomic mass is 10.2. The normalized spacial score (nSPS) is 14.6. The molecule has 0 spiro atoms. The van der Waals surface area contributed by atoms with E-state index in [4.69, 9.17) is 4.52 Å². The fourth-order valence-corrected chi connectivity index (χ4v) is 4.56. The van der Waals surface area contributed by atoms with E-state index < -0.39 is 0 Å². The van der Waals surface area contributed by atoms with Crippen molar-refractivity contribution in [3.05, 3.63) is 53.2 Å². The van der Waals surface area contributed by atoms with Gasteiger partial charge in [0.05, 0.1) is 4.88 Å². The summed E-state index contributed by atoms with van der Waals surface area (Å²) >= 11 is 1.57. The molecule has 0 radical (unpaired) electrons. The van der Waals surface area contributed by atoms with Gasteiger partial charge in [-0.2, -0.15) is 4.98 Å². The fraction of sp³-hybridized carbons (Fsp3) is 0.458. The summed E-state index contributed by atoms with van der Waals surface area (Å²) in [5, 5.41) is 8.96. The monoisotopic (exact) mass is 453 g/mol. The summed E-state index contributed by atoms with van der Waals surface area (Å²) in [6.07, 6.45) is 2.92. The Labute approximate surface area is 193 Å². The zero-order valence-corrected chi connectivity index (χ0v) is 19.4. The number of piperazine rings is 1. The first-order valence-electron chi connectivity index (χ1n) is 11.3. The predicted octanol–water partition coefficient (Wildman–Crippen LogP) is 3.76. The molecule has 1 saturated heterocycles. The molecular weight excluding hydrogens is 422 g/mol. The summed E-state index contributed by atoms with van der Waals surface area (Å²) in [5.74, 6) is 1.14. The molecule has 0 unspecified atom stereocenters. The van der Waals surface area contributed by atoms with Crippen LogP contribution in [-0.2, 0) is 11.2 Å². The lowest BCUT2D eigenvalue weighted by Gasteiger charge is -2.36. The minimum Gasteiger partial charge on any atom is -0.369 e. The number of amides is 1. The van der Waals surface area contributed by atoms with Crippen LogP contribution in [0.3, 0.4) is 0 Å². The van der Waals surface area contributed by atoms with Crippen molar-refractivity contribution in [1.82, 2.24) is 20.4 Å². The first kappa shape index (κ1) is 22.5. The number of aryl methyl sites for hydroxylation is 2. The Morgan fingerprint density at radius 3 is 2.81 bits per heavy atom. The molecular formula is C24H31N5O2S. The van der Waals surface area contributed by atoms with Gasteiger partial charge in [-0.1, -0.05) is 23.4 Å². The van der Waals surface area contributed by atoms with Crippen LogP contribution >= 0.6 is 11.3 Å². The molecule has 1 fully saturated rings. The van der Waals surface area contributed by atoms with Crippen molar-refractivity contribution in [2.24, 2.45) is 0 Å². The number of hydrogen-bond donors (Lipinski definition) is 1. The van der Waals surface area contributed by atoms with Gasteiger partial charge in [-0.05, 0) is 55.5 Å². The van der Waals surface area contributed by atoms with Crippen molar-refractivity contribution in [2.45, 2.75) is 32.6 Å². The highest BCUT2D eigenvalue weighted by atomic mass is 32.1. The molecule has 1 N–H and O–H groups in total. The van der Waals surface area contributed by atoms with Crippen LogP contribution in [0.25, 0.3) is 10.7 Å². The van der Waals surface area contributed by atoms with Crippen molar-refractivity contribution < 1.29 is 9.32 Å². The van der Waals surface area contributed by atoms with E-state index in [0.29, 0.717) is 31.1 Å². The first-order chi connectivity index (χ1) is 15.7. The summed E-state index contributed by atoms with van der Waals surface area (Å²) in [6.45, 7) is 8.28. The molecule has 170 valence electrons. The molecule has 7 nitrogen and oxygen atoms in total. The number of carbonyl (C=O) groups is 1. The predicted molar refractivity (Wildman–Crippen MR) is 128 cm³/mol. The fourth-order valence-electron chi connectivity index (χ4n) is 3.91. The maximum absolute atomic E-state index is 12.1. The van der Waals surface area contributed by atoms with E-state index in [0.717, 1.165) is 50.4 Å². The third kappa shape index (κ3) is 6.40. The van der Waals surface area contributed by atoms with Crippen molar-refractivity contribution in [3.63, 3.8) is 0 Å². The minimum atomic E-state index is 0.0349. The molecule has 1 aliphatic heterocycles. The molecule has 2 aromatic heterocycles. The van der Waals surface area contributed by atoms with Crippen LogP contribution in [0.5, 0.6) is 0 Å². The molecule has 32 heavy (non-hydrogen) atoms. The van der Waals surface area contributed by atoms with Crippen LogP contribution in [0, 0.1) is 6.92 Å². The number of nitrogens with one attached hydrogen (secondary N) is 1. The summed E-state index contributed by atoms with van der Waals surface area (Å²) in [4.78, 5) is 22.4. The molecule has 1 aliphatic rings. The van der Waals surface area contributed by atoms with Gasteiger partial charge in [0.15, 0.2) is 0 Å². The van der Waals surface area contributed by atoms with Gasteiger partial charge in [0, 0.05) is 51.3 Å². The van der Waals surface area contributed by atoms with E-state index in [1.165, 1.54) is 11.3 Å². The Hall–Kier alpha value is -2.71. The molecule has 0 bridgehead atoms. The van der Waals surface area contributed by atoms with Crippen molar-refractivity contribution in [2.75, 3.05) is 44.2 Å². The molecule has 0 saturated carbocycles. The zero-order valence-electron chi connectivity index (χ0n) is 18.6. The average molecular weight is 454 g/mol. The summed E-state index contributed by atoms with van der Waals surface area (Å²) in [7, 11) is 0. The highest BCUT2D eigenvalue weighted by molar-refractivity contribution is 7.13. The Kier molecular flexibility index (Phi) is 7.90. The van der Waals surface area contributed by atoms with Gasteiger partial charge in [0.1, 0.15) is 0 Å². The topological polar surface area (TPSA) is 74.5 Å². The zero-order chi connectivity index (χ0) is 22.2. The lowest BCUT2D eigenvalue weighted by Crippen LogP contribution is -2.46. The van der Waals surface area contributed by atoms with Gasteiger partial charge in [-0.3, -0.25) is 9.69 Å². The largest absolute Gasteiger partial charge is 0.369 e. The number of carbonyl (C=O) groups excluding carboxylic acids is 1. The van der Waals surface area contributed by atoms with Gasteiger partial charge < -0.3 is 14.7 Å². The van der Waals surface area contributed by atoms with Crippen LogP contribution in [0.4, 0.5) is 5.69 Å².